The summed E-state index contributed by atoms with van der Waals surface area (Å²) in [6.45, 7) is 0.549. The molecule has 1 N–H and O–H groups in total. The van der Waals surface area contributed by atoms with Crippen LogP contribution in [0.4, 0.5) is 13.2 Å². The molecule has 37 heavy (non-hydrogen) atoms. The number of amides is 1. The standard InChI is InChI=1S/C26H24F3N3O4S/c27-26(28,29)23-12-11-22-25(36-21-4-2-1-3-20(21)32(22)23)13-15-31(16-14-25)24(33)17-5-9-19(10-6-17)37(34,35)30-18-7-8-18/h1-6,9-12,18,30H,7-8,13-16H2. The summed E-state index contributed by atoms with van der Waals surface area (Å²) >= 11 is 0. The van der Waals surface area contributed by atoms with Gasteiger partial charge in [-0.15, -0.1) is 0 Å². The Bertz CT molecular complexity index is 1470. The molecular formula is C26H24F3N3O4S. The molecule has 1 saturated heterocycles. The van der Waals surface area contributed by atoms with E-state index < -0.39 is 27.5 Å². The van der Waals surface area contributed by atoms with Gasteiger partial charge < -0.3 is 14.2 Å². The van der Waals surface area contributed by atoms with Gasteiger partial charge in [0.2, 0.25) is 10.0 Å². The van der Waals surface area contributed by atoms with Crippen LogP contribution in [0.25, 0.3) is 5.69 Å². The first-order valence-corrected chi connectivity index (χ1v) is 13.6. The number of hydrogen-bond donors (Lipinski definition) is 1. The fourth-order valence-electron chi connectivity index (χ4n) is 5.14. The summed E-state index contributed by atoms with van der Waals surface area (Å²) in [5.41, 5.74) is -0.657. The molecule has 1 saturated carbocycles. The van der Waals surface area contributed by atoms with Crippen LogP contribution < -0.4 is 9.46 Å². The maximum atomic E-state index is 13.8. The number of carbonyl (C=O) groups is 1. The predicted molar refractivity (Wildman–Crippen MR) is 128 cm³/mol. The molecule has 7 nitrogen and oxygen atoms in total. The van der Waals surface area contributed by atoms with Gasteiger partial charge >= 0.3 is 6.18 Å². The van der Waals surface area contributed by atoms with Gasteiger partial charge in [0, 0.05) is 37.5 Å². The lowest BCUT2D eigenvalue weighted by Gasteiger charge is -2.45. The van der Waals surface area contributed by atoms with Gasteiger partial charge in [-0.3, -0.25) is 4.79 Å². The maximum absolute atomic E-state index is 13.8. The molecule has 1 spiro atoms. The van der Waals surface area contributed by atoms with Crippen LogP contribution in [0.3, 0.4) is 0 Å². The molecule has 1 aliphatic carbocycles. The Kier molecular flexibility index (Phi) is 5.43. The number of carbonyl (C=O) groups excluding carboxylic acids is 1. The Morgan fingerprint density at radius 1 is 0.973 bits per heavy atom. The molecule has 3 heterocycles. The number of nitrogens with zero attached hydrogens (tertiary/aromatic N) is 2. The average Bonchev–Trinajstić information content (AvgIpc) is 3.54. The fourth-order valence-corrected chi connectivity index (χ4v) is 6.45. The normalized spacial score (nSPS) is 18.7. The van der Waals surface area contributed by atoms with E-state index in [1.807, 2.05) is 0 Å². The summed E-state index contributed by atoms with van der Waals surface area (Å²) in [5, 5.41) is 0. The van der Waals surface area contributed by atoms with Crippen LogP contribution in [0.15, 0.2) is 65.6 Å². The summed E-state index contributed by atoms with van der Waals surface area (Å²) in [4.78, 5) is 14.9. The number of sulfonamides is 1. The zero-order valence-corrected chi connectivity index (χ0v) is 20.5. The Morgan fingerprint density at radius 3 is 2.30 bits per heavy atom. The first kappa shape index (κ1) is 24.1. The van der Waals surface area contributed by atoms with Crippen molar-refractivity contribution >= 4 is 15.9 Å². The Hall–Kier alpha value is -3.31. The molecule has 0 atom stereocenters. The molecule has 194 valence electrons. The number of likely N-dealkylation sites (tertiary alicyclic amines) is 1. The minimum absolute atomic E-state index is 0.0192. The van der Waals surface area contributed by atoms with Crippen molar-refractivity contribution in [3.8, 4) is 11.4 Å². The minimum atomic E-state index is -4.53. The average molecular weight is 532 g/mol. The van der Waals surface area contributed by atoms with Gasteiger partial charge in [0.1, 0.15) is 11.4 Å². The van der Waals surface area contributed by atoms with Gasteiger partial charge in [-0.2, -0.15) is 13.2 Å². The summed E-state index contributed by atoms with van der Waals surface area (Å²) in [7, 11) is -3.62. The molecule has 3 aliphatic rings. The second-order valence-electron chi connectivity index (χ2n) is 9.71. The lowest BCUT2D eigenvalue weighted by Crippen LogP contribution is -2.50. The van der Waals surface area contributed by atoms with Gasteiger partial charge in [0.25, 0.3) is 5.91 Å². The van der Waals surface area contributed by atoms with Crippen LogP contribution in [0, 0.1) is 0 Å². The third kappa shape index (κ3) is 4.19. The van der Waals surface area contributed by atoms with E-state index in [0.717, 1.165) is 18.9 Å². The number of ether oxygens (including phenoxy) is 1. The predicted octanol–water partition coefficient (Wildman–Crippen LogP) is 4.46. The van der Waals surface area contributed by atoms with Crippen LogP contribution in [0.2, 0.25) is 0 Å². The van der Waals surface area contributed by atoms with Crippen molar-refractivity contribution in [3.05, 3.63) is 77.6 Å². The maximum Gasteiger partial charge on any atom is 0.431 e. The van der Waals surface area contributed by atoms with E-state index in [0.29, 0.717) is 35.5 Å². The minimum Gasteiger partial charge on any atom is -0.479 e. The van der Waals surface area contributed by atoms with E-state index in [2.05, 4.69) is 4.72 Å². The Labute approximate surface area is 211 Å². The van der Waals surface area contributed by atoms with Crippen LogP contribution >= 0.6 is 0 Å². The zero-order chi connectivity index (χ0) is 26.0. The Morgan fingerprint density at radius 2 is 1.65 bits per heavy atom. The highest BCUT2D eigenvalue weighted by Gasteiger charge is 2.48. The van der Waals surface area contributed by atoms with Crippen molar-refractivity contribution < 1.29 is 31.1 Å². The summed E-state index contributed by atoms with van der Waals surface area (Å²) in [6, 6.07) is 15.0. The first-order chi connectivity index (χ1) is 17.6. The van der Waals surface area contributed by atoms with Gasteiger partial charge in [-0.1, -0.05) is 12.1 Å². The number of nitrogens with one attached hydrogen (secondary N) is 1. The van der Waals surface area contributed by atoms with E-state index >= 15 is 0 Å². The topological polar surface area (TPSA) is 80.6 Å². The highest BCUT2D eigenvalue weighted by atomic mass is 32.2. The first-order valence-electron chi connectivity index (χ1n) is 12.1. The molecule has 0 unspecified atom stereocenters. The quantitative estimate of drug-likeness (QED) is 0.539. The number of alkyl halides is 3. The molecule has 0 bridgehead atoms. The molecule has 2 aromatic carbocycles. The third-order valence-electron chi connectivity index (χ3n) is 7.22. The van der Waals surface area contributed by atoms with Crippen molar-refractivity contribution in [2.45, 2.75) is 48.4 Å². The second-order valence-corrected chi connectivity index (χ2v) is 11.4. The lowest BCUT2D eigenvalue weighted by molar-refractivity contribution is -0.143. The van der Waals surface area contributed by atoms with Gasteiger partial charge in [-0.05, 0) is 61.4 Å². The molecule has 3 aromatic rings. The fraction of sp³-hybridized carbons (Fsp3) is 0.346. The van der Waals surface area contributed by atoms with E-state index in [4.69, 9.17) is 4.74 Å². The number of halogens is 3. The molecule has 1 aromatic heterocycles. The summed E-state index contributed by atoms with van der Waals surface area (Å²) in [6.07, 6.45) is -2.26. The molecule has 1 amide bonds. The number of fused-ring (bicyclic) bond motifs is 4. The third-order valence-corrected chi connectivity index (χ3v) is 8.76. The zero-order valence-electron chi connectivity index (χ0n) is 19.7. The molecule has 6 rings (SSSR count). The van der Waals surface area contributed by atoms with Gasteiger partial charge in [-0.25, -0.2) is 13.1 Å². The van der Waals surface area contributed by atoms with E-state index in [-0.39, 0.29) is 29.9 Å². The highest BCUT2D eigenvalue weighted by Crippen LogP contribution is 2.48. The van der Waals surface area contributed by atoms with Crippen LogP contribution in [0.5, 0.6) is 5.75 Å². The van der Waals surface area contributed by atoms with E-state index in [1.165, 1.54) is 34.9 Å². The van der Waals surface area contributed by atoms with Crippen molar-refractivity contribution in [1.82, 2.24) is 14.2 Å². The van der Waals surface area contributed by atoms with Crippen molar-refractivity contribution in [2.75, 3.05) is 13.1 Å². The summed E-state index contributed by atoms with van der Waals surface area (Å²) < 4.78 is 76.4. The van der Waals surface area contributed by atoms with Crippen molar-refractivity contribution in [2.24, 2.45) is 0 Å². The van der Waals surface area contributed by atoms with Crippen molar-refractivity contribution in [1.29, 1.82) is 0 Å². The smallest absolute Gasteiger partial charge is 0.431 e. The molecule has 11 heteroatoms. The van der Waals surface area contributed by atoms with E-state index in [9.17, 15) is 26.4 Å². The SMILES string of the molecule is O=C(c1ccc(S(=O)(=O)NC2CC2)cc1)N1CCC2(CC1)Oc1ccccc1-n1c(C(F)(F)F)ccc12. The number of piperidine rings is 1. The number of benzene rings is 2. The lowest BCUT2D eigenvalue weighted by atomic mass is 9.86. The molecular weight excluding hydrogens is 507 g/mol. The second kappa shape index (κ2) is 8.35. The Balaban J connectivity index is 1.23. The van der Waals surface area contributed by atoms with E-state index in [1.54, 1.807) is 29.2 Å². The van der Waals surface area contributed by atoms with Crippen molar-refractivity contribution in [3.63, 3.8) is 0 Å². The van der Waals surface area contributed by atoms with Crippen LogP contribution in [0.1, 0.15) is 47.4 Å². The molecule has 2 aliphatic heterocycles. The number of rotatable bonds is 4. The number of hydrogen-bond acceptors (Lipinski definition) is 4. The van der Waals surface area contributed by atoms with Crippen LogP contribution in [-0.2, 0) is 21.8 Å². The highest BCUT2D eigenvalue weighted by molar-refractivity contribution is 7.89. The number of para-hydroxylation sites is 2. The number of aromatic nitrogens is 1. The largest absolute Gasteiger partial charge is 0.479 e. The van der Waals surface area contributed by atoms with Crippen LogP contribution in [-0.4, -0.2) is 42.9 Å². The van der Waals surface area contributed by atoms with Gasteiger partial charge in [0.15, 0.2) is 5.60 Å². The summed E-state index contributed by atoms with van der Waals surface area (Å²) in [5.74, 6) is 0.101. The molecule has 0 radical (unpaired) electrons. The van der Waals surface area contributed by atoms with Gasteiger partial charge in [0.05, 0.1) is 16.3 Å². The monoisotopic (exact) mass is 531 g/mol. The molecule has 2 fully saturated rings.